The number of aliphatic hydroxyl groups excluding tert-OH is 1. The number of nitro groups is 1. The van der Waals surface area contributed by atoms with E-state index in [1.807, 2.05) is 0 Å². The van der Waals surface area contributed by atoms with Gasteiger partial charge < -0.3 is 5.11 Å². The van der Waals surface area contributed by atoms with Gasteiger partial charge in [0.15, 0.2) is 5.76 Å². The first-order valence-electron chi connectivity index (χ1n) is 3.00. The zero-order chi connectivity index (χ0) is 9.56. The van der Waals surface area contributed by atoms with Crippen molar-refractivity contribution < 1.29 is 14.4 Å². The van der Waals surface area contributed by atoms with Crippen molar-refractivity contribution in [1.82, 2.24) is 0 Å². The van der Waals surface area contributed by atoms with Crippen LogP contribution in [0.2, 0.25) is 0 Å². The van der Waals surface area contributed by atoms with Crippen molar-refractivity contribution in [2.45, 2.75) is 0 Å². The van der Waals surface area contributed by atoms with E-state index in [9.17, 15) is 14.5 Å². The normalized spacial score (nSPS) is 13.2. The second-order valence-corrected chi connectivity index (χ2v) is 2.70. The molecule has 0 fully saturated rings. The second-order valence-electron chi connectivity index (χ2n) is 1.84. The molecular weight excluding hydrogens is 233 g/mol. The van der Waals surface area contributed by atoms with E-state index < -0.39 is 23.9 Å². The number of allylic oxidation sites excluding steroid dienone is 3. The predicted molar refractivity (Wildman–Crippen MR) is 45.6 cm³/mol. The minimum absolute atomic E-state index is 0.122. The molecule has 0 aromatic rings. The lowest BCUT2D eigenvalue weighted by Crippen LogP contribution is -2.04. The van der Waals surface area contributed by atoms with Crippen LogP contribution in [0.5, 0.6) is 0 Å². The van der Waals surface area contributed by atoms with Crippen molar-refractivity contribution in [2.75, 3.05) is 13.2 Å². The van der Waals surface area contributed by atoms with Gasteiger partial charge in [-0.1, -0.05) is 6.08 Å². The Morgan fingerprint density at radius 2 is 2.33 bits per heavy atom. The number of hydrogen-bond donors (Lipinski definition) is 1. The van der Waals surface area contributed by atoms with Crippen LogP contribution in [0.25, 0.3) is 0 Å². The molecule has 0 saturated carbocycles. The van der Waals surface area contributed by atoms with E-state index in [4.69, 9.17) is 5.11 Å². The number of halogens is 2. The van der Waals surface area contributed by atoms with Gasteiger partial charge in [0.2, 0.25) is 0 Å². The molecule has 0 heterocycles. The van der Waals surface area contributed by atoms with E-state index in [1.165, 1.54) is 6.08 Å². The largest absolute Gasteiger partial charge is 0.505 e. The first kappa shape index (κ1) is 11.1. The number of nitrogens with zero attached hydrogens (tertiary/aromatic N) is 1. The number of alkyl halides is 1. The minimum atomic E-state index is -0.681. The van der Waals surface area contributed by atoms with Gasteiger partial charge in [0, 0.05) is 4.92 Å². The van der Waals surface area contributed by atoms with E-state index in [0.29, 0.717) is 0 Å². The van der Waals surface area contributed by atoms with Gasteiger partial charge in [0.25, 0.3) is 6.54 Å². The summed E-state index contributed by atoms with van der Waals surface area (Å²) in [5, 5.41) is 18.8. The lowest BCUT2D eigenvalue weighted by molar-refractivity contribution is -0.474. The van der Waals surface area contributed by atoms with E-state index >= 15 is 0 Å². The van der Waals surface area contributed by atoms with Gasteiger partial charge in [0.1, 0.15) is 6.67 Å². The van der Waals surface area contributed by atoms with Crippen molar-refractivity contribution in [1.29, 1.82) is 0 Å². The smallest absolute Gasteiger partial charge is 0.260 e. The highest BCUT2D eigenvalue weighted by Crippen LogP contribution is 2.11. The molecular formula is C6H7BrFNO3. The monoisotopic (exact) mass is 239 g/mol. The van der Waals surface area contributed by atoms with Crippen molar-refractivity contribution in [2.24, 2.45) is 0 Å². The Morgan fingerprint density at radius 1 is 1.75 bits per heavy atom. The van der Waals surface area contributed by atoms with E-state index in [0.717, 1.165) is 6.08 Å². The molecule has 0 atom stereocenters. The zero-order valence-electron chi connectivity index (χ0n) is 6.04. The maximum atomic E-state index is 11.5. The van der Waals surface area contributed by atoms with Crippen LogP contribution in [0, 0.1) is 10.1 Å². The first-order chi connectivity index (χ1) is 5.57. The average molecular weight is 240 g/mol. The third kappa shape index (κ3) is 4.84. The molecule has 0 amide bonds. The number of hydrogen-bond acceptors (Lipinski definition) is 3. The van der Waals surface area contributed by atoms with Crippen LogP contribution >= 0.6 is 15.9 Å². The molecule has 0 rings (SSSR count). The fourth-order valence-corrected chi connectivity index (χ4v) is 0.754. The summed E-state index contributed by atoms with van der Waals surface area (Å²) in [7, 11) is 0. The Hall–Kier alpha value is -0.910. The van der Waals surface area contributed by atoms with E-state index in [-0.39, 0.29) is 4.48 Å². The molecule has 1 N–H and O–H groups in total. The molecule has 68 valence electrons. The van der Waals surface area contributed by atoms with Crippen LogP contribution in [0.3, 0.4) is 0 Å². The standard InChI is InChI=1S/C6H7BrFNO3/c7-5(2-1-3-8)6(10)4-9(11)12/h1-2,10H,3-4H2/b2-1-,6-5-. The molecule has 0 bridgehead atoms. The molecule has 12 heavy (non-hydrogen) atoms. The van der Waals surface area contributed by atoms with Crippen LogP contribution in [0.15, 0.2) is 22.4 Å². The predicted octanol–water partition coefficient (Wildman–Crippen LogP) is 1.95. The van der Waals surface area contributed by atoms with Gasteiger partial charge in [0.05, 0.1) is 4.48 Å². The van der Waals surface area contributed by atoms with Crippen LogP contribution < -0.4 is 0 Å². The summed E-state index contributed by atoms with van der Waals surface area (Å²) in [6.45, 7) is -1.35. The van der Waals surface area contributed by atoms with Gasteiger partial charge >= 0.3 is 0 Å². The van der Waals surface area contributed by atoms with E-state index in [1.54, 1.807) is 0 Å². The fraction of sp³-hybridized carbons (Fsp3) is 0.333. The topological polar surface area (TPSA) is 63.4 Å². The average Bonchev–Trinajstić information content (AvgIpc) is 1.98. The highest BCUT2D eigenvalue weighted by molar-refractivity contribution is 9.11. The van der Waals surface area contributed by atoms with Crippen LogP contribution in [-0.4, -0.2) is 23.2 Å². The molecule has 0 aromatic carbocycles. The molecule has 0 radical (unpaired) electrons. The Balaban J connectivity index is 4.25. The highest BCUT2D eigenvalue weighted by atomic mass is 79.9. The molecule has 4 nitrogen and oxygen atoms in total. The maximum absolute atomic E-state index is 11.5. The van der Waals surface area contributed by atoms with Crippen molar-refractivity contribution in [3.63, 3.8) is 0 Å². The van der Waals surface area contributed by atoms with Gasteiger partial charge in [-0.05, 0) is 22.0 Å². The quantitative estimate of drug-likeness (QED) is 0.353. The van der Waals surface area contributed by atoms with Gasteiger partial charge in [-0.25, -0.2) is 4.39 Å². The summed E-state index contributed by atoms with van der Waals surface area (Å²) in [5.41, 5.74) is 0. The number of aliphatic hydroxyl groups is 1. The van der Waals surface area contributed by atoms with Gasteiger partial charge in [-0.15, -0.1) is 0 Å². The summed E-state index contributed by atoms with van der Waals surface area (Å²) in [6, 6.07) is 0. The van der Waals surface area contributed by atoms with Crippen LogP contribution in [-0.2, 0) is 0 Å². The lowest BCUT2D eigenvalue weighted by atomic mass is 10.4. The Bertz CT molecular complexity index is 227. The summed E-state index contributed by atoms with van der Waals surface area (Å²) in [6.07, 6.45) is 2.35. The van der Waals surface area contributed by atoms with Gasteiger partial charge in [-0.2, -0.15) is 0 Å². The Morgan fingerprint density at radius 3 is 2.75 bits per heavy atom. The van der Waals surface area contributed by atoms with Crippen LogP contribution in [0.1, 0.15) is 0 Å². The SMILES string of the molecule is O=[N+]([O-])C/C(O)=C(Br)\C=C/CF. The van der Waals surface area contributed by atoms with Crippen molar-refractivity contribution in [3.05, 3.63) is 32.5 Å². The molecule has 0 aliphatic heterocycles. The minimum Gasteiger partial charge on any atom is -0.505 e. The molecule has 0 aliphatic rings. The summed E-state index contributed by atoms with van der Waals surface area (Å²) in [4.78, 5) is 9.20. The van der Waals surface area contributed by atoms with E-state index in [2.05, 4.69) is 15.9 Å². The molecule has 0 saturated heterocycles. The zero-order valence-corrected chi connectivity index (χ0v) is 7.62. The number of rotatable bonds is 4. The van der Waals surface area contributed by atoms with Crippen LogP contribution in [0.4, 0.5) is 4.39 Å². The maximum Gasteiger partial charge on any atom is 0.260 e. The molecule has 0 spiro atoms. The molecule has 0 aromatic heterocycles. The molecule has 0 aliphatic carbocycles. The highest BCUT2D eigenvalue weighted by Gasteiger charge is 2.05. The van der Waals surface area contributed by atoms with Gasteiger partial charge in [-0.3, -0.25) is 10.1 Å². The fourth-order valence-electron chi connectivity index (χ4n) is 0.442. The lowest BCUT2D eigenvalue weighted by Gasteiger charge is -1.94. The third-order valence-electron chi connectivity index (χ3n) is 0.908. The summed E-state index contributed by atoms with van der Waals surface area (Å²) >= 11 is 2.84. The Labute approximate surface area is 76.7 Å². The van der Waals surface area contributed by atoms with Crippen molar-refractivity contribution >= 4 is 15.9 Å². The first-order valence-corrected chi connectivity index (χ1v) is 3.79. The van der Waals surface area contributed by atoms with Crippen molar-refractivity contribution in [3.8, 4) is 0 Å². The third-order valence-corrected chi connectivity index (χ3v) is 1.63. The molecule has 6 heteroatoms. The summed E-state index contributed by atoms with van der Waals surface area (Å²) in [5.74, 6) is -0.426. The molecule has 0 unspecified atom stereocenters. The Kier molecular flexibility index (Phi) is 5.27. The summed E-state index contributed by atoms with van der Waals surface area (Å²) < 4.78 is 11.7. The second kappa shape index (κ2) is 5.70.